The van der Waals surface area contributed by atoms with Gasteiger partial charge in [-0.05, 0) is 0 Å². The maximum atomic E-state index is 9.32. The van der Waals surface area contributed by atoms with E-state index in [0.29, 0.717) is 0 Å². The van der Waals surface area contributed by atoms with Crippen molar-refractivity contribution in [3.05, 3.63) is 0 Å². The van der Waals surface area contributed by atoms with Crippen molar-refractivity contribution in [2.45, 2.75) is 31.5 Å². The van der Waals surface area contributed by atoms with Gasteiger partial charge in [0.2, 0.25) is 0 Å². The van der Waals surface area contributed by atoms with Gasteiger partial charge in [0, 0.05) is 5.92 Å². The van der Waals surface area contributed by atoms with Crippen LogP contribution in [0.3, 0.4) is 0 Å². The fourth-order valence-electron chi connectivity index (χ4n) is 1.29. The molecule has 0 aromatic carbocycles. The van der Waals surface area contributed by atoms with Crippen molar-refractivity contribution in [1.29, 1.82) is 0 Å². The van der Waals surface area contributed by atoms with Crippen molar-refractivity contribution in [1.82, 2.24) is 0 Å². The average Bonchev–Trinajstić information content (AvgIpc) is 2.08. The number of hydrogen-bond donors (Lipinski definition) is 4. The summed E-state index contributed by atoms with van der Waals surface area (Å²) in [5.74, 6) is -0.381. The Morgan fingerprint density at radius 1 is 1.17 bits per heavy atom. The number of rotatable bonds is 1. The van der Waals surface area contributed by atoms with E-state index >= 15 is 0 Å². The lowest BCUT2D eigenvalue weighted by atomic mass is 9.91. The Kier molecular flexibility index (Phi) is 3.03. The first-order valence-corrected chi connectivity index (χ1v) is 3.88. The fourth-order valence-corrected chi connectivity index (χ4v) is 1.29. The van der Waals surface area contributed by atoms with Crippen LogP contribution in [0.1, 0.15) is 6.92 Å². The summed E-state index contributed by atoms with van der Waals surface area (Å²) >= 11 is 0. The molecule has 12 heavy (non-hydrogen) atoms. The van der Waals surface area contributed by atoms with Gasteiger partial charge in [-0.3, -0.25) is 0 Å². The molecular weight excluding hydrogens is 164 g/mol. The van der Waals surface area contributed by atoms with Gasteiger partial charge in [-0.2, -0.15) is 0 Å². The Morgan fingerprint density at radius 3 is 2.25 bits per heavy atom. The van der Waals surface area contributed by atoms with Crippen LogP contribution >= 0.6 is 0 Å². The fraction of sp³-hybridized carbons (Fsp3) is 1.00. The topological polar surface area (TPSA) is 90.2 Å². The summed E-state index contributed by atoms with van der Waals surface area (Å²) in [6.07, 6.45) is -4.36. The molecule has 1 unspecified atom stereocenters. The summed E-state index contributed by atoms with van der Waals surface area (Å²) in [6.45, 7) is 1.36. The highest BCUT2D eigenvalue weighted by atomic mass is 16.6. The van der Waals surface area contributed by atoms with E-state index in [-0.39, 0.29) is 12.5 Å². The normalized spacial score (nSPS) is 49.2. The second-order valence-electron chi connectivity index (χ2n) is 3.09. The van der Waals surface area contributed by atoms with Crippen molar-refractivity contribution < 1.29 is 25.2 Å². The van der Waals surface area contributed by atoms with Crippen LogP contribution in [0.5, 0.6) is 0 Å². The highest BCUT2D eigenvalue weighted by Crippen LogP contribution is 2.24. The van der Waals surface area contributed by atoms with Gasteiger partial charge in [-0.1, -0.05) is 6.92 Å². The van der Waals surface area contributed by atoms with E-state index in [9.17, 15) is 5.11 Å². The van der Waals surface area contributed by atoms with Gasteiger partial charge in [0.15, 0.2) is 6.29 Å². The molecule has 1 saturated heterocycles. The van der Waals surface area contributed by atoms with Crippen LogP contribution in [0.2, 0.25) is 0 Å². The van der Waals surface area contributed by atoms with Gasteiger partial charge < -0.3 is 25.2 Å². The van der Waals surface area contributed by atoms with Crippen LogP contribution in [-0.4, -0.2) is 51.6 Å². The Balaban J connectivity index is 2.63. The van der Waals surface area contributed by atoms with E-state index in [4.69, 9.17) is 20.1 Å². The van der Waals surface area contributed by atoms with E-state index in [2.05, 4.69) is 0 Å². The molecule has 0 amide bonds. The monoisotopic (exact) mass is 178 g/mol. The number of ether oxygens (including phenoxy) is 1. The van der Waals surface area contributed by atoms with E-state index in [1.165, 1.54) is 0 Å². The first-order valence-electron chi connectivity index (χ1n) is 3.88. The smallest absolute Gasteiger partial charge is 0.183 e. The van der Waals surface area contributed by atoms with Gasteiger partial charge in [-0.15, -0.1) is 0 Å². The lowest BCUT2D eigenvalue weighted by Gasteiger charge is -2.38. The Hall–Kier alpha value is -0.200. The lowest BCUT2D eigenvalue weighted by Crippen LogP contribution is -2.54. The summed E-state index contributed by atoms with van der Waals surface area (Å²) in [5.41, 5.74) is 0. The van der Waals surface area contributed by atoms with Gasteiger partial charge in [0.25, 0.3) is 0 Å². The van der Waals surface area contributed by atoms with E-state index < -0.39 is 24.6 Å². The van der Waals surface area contributed by atoms with Gasteiger partial charge in [0.05, 0.1) is 18.8 Å². The van der Waals surface area contributed by atoms with Crippen LogP contribution in [0.15, 0.2) is 0 Å². The summed E-state index contributed by atoms with van der Waals surface area (Å²) in [7, 11) is 0. The van der Waals surface area contributed by atoms with Crippen LogP contribution in [0.25, 0.3) is 0 Å². The van der Waals surface area contributed by atoms with Crippen LogP contribution in [0.4, 0.5) is 0 Å². The highest BCUT2D eigenvalue weighted by molar-refractivity contribution is 4.85. The zero-order chi connectivity index (χ0) is 9.30. The second kappa shape index (κ2) is 3.68. The van der Waals surface area contributed by atoms with Crippen LogP contribution in [0, 0.1) is 5.92 Å². The summed E-state index contributed by atoms with van der Waals surface area (Å²) in [6, 6.07) is 0. The minimum Gasteiger partial charge on any atom is -0.394 e. The zero-order valence-electron chi connectivity index (χ0n) is 6.79. The molecule has 0 spiro atoms. The Bertz CT molecular complexity index is 146. The Morgan fingerprint density at radius 2 is 1.75 bits per heavy atom. The van der Waals surface area contributed by atoms with Crippen molar-refractivity contribution in [2.75, 3.05) is 6.61 Å². The van der Waals surface area contributed by atoms with Crippen LogP contribution in [-0.2, 0) is 4.74 Å². The first kappa shape index (κ1) is 9.88. The number of hydrogen-bond acceptors (Lipinski definition) is 5. The molecule has 0 bridgehead atoms. The Labute approximate surface area is 70.2 Å². The molecule has 1 heterocycles. The third kappa shape index (κ3) is 1.60. The molecule has 72 valence electrons. The first-order chi connectivity index (χ1) is 5.57. The molecule has 5 atom stereocenters. The molecule has 0 saturated carbocycles. The standard InChI is InChI=1S/C7H14O5/c1-3-4(2-8)12-7(11)6(10)5(3)9/h3-11H,2H2,1H3/t3-,4-,5-,6-,7?/m0/s1. The minimum absolute atomic E-state index is 0.276. The summed E-state index contributed by atoms with van der Waals surface area (Å²) in [5, 5.41) is 36.2. The molecule has 0 aromatic heterocycles. The van der Waals surface area contributed by atoms with Crippen LogP contribution < -0.4 is 0 Å². The molecule has 0 aromatic rings. The quantitative estimate of drug-likeness (QED) is 0.375. The largest absolute Gasteiger partial charge is 0.394 e. The summed E-state index contributed by atoms with van der Waals surface area (Å²) in [4.78, 5) is 0. The van der Waals surface area contributed by atoms with E-state index in [1.54, 1.807) is 6.92 Å². The summed E-state index contributed by atoms with van der Waals surface area (Å²) < 4.78 is 4.83. The molecule has 0 radical (unpaired) electrons. The zero-order valence-corrected chi connectivity index (χ0v) is 6.79. The molecule has 1 rings (SSSR count). The minimum atomic E-state index is -1.41. The highest BCUT2D eigenvalue weighted by Gasteiger charge is 2.40. The molecule has 1 fully saturated rings. The average molecular weight is 178 g/mol. The second-order valence-corrected chi connectivity index (χ2v) is 3.09. The molecule has 1 aliphatic rings. The predicted molar refractivity (Wildman–Crippen MR) is 39.1 cm³/mol. The van der Waals surface area contributed by atoms with Crippen molar-refractivity contribution in [3.8, 4) is 0 Å². The maximum absolute atomic E-state index is 9.32. The van der Waals surface area contributed by atoms with E-state index in [0.717, 1.165) is 0 Å². The molecule has 0 aliphatic carbocycles. The van der Waals surface area contributed by atoms with Gasteiger partial charge in [-0.25, -0.2) is 0 Å². The van der Waals surface area contributed by atoms with Crippen molar-refractivity contribution >= 4 is 0 Å². The number of aliphatic hydroxyl groups excluding tert-OH is 4. The van der Waals surface area contributed by atoms with Gasteiger partial charge >= 0.3 is 0 Å². The lowest BCUT2D eigenvalue weighted by molar-refractivity contribution is -0.271. The van der Waals surface area contributed by atoms with E-state index in [1.807, 2.05) is 0 Å². The molecule has 5 heteroatoms. The third-order valence-electron chi connectivity index (χ3n) is 2.26. The molecule has 1 aliphatic heterocycles. The molecule has 5 nitrogen and oxygen atoms in total. The predicted octanol–water partition coefficient (Wildman–Crippen LogP) is -1.95. The van der Waals surface area contributed by atoms with Gasteiger partial charge in [0.1, 0.15) is 6.10 Å². The van der Waals surface area contributed by atoms with Crippen molar-refractivity contribution in [2.24, 2.45) is 5.92 Å². The maximum Gasteiger partial charge on any atom is 0.183 e. The number of aliphatic hydroxyl groups is 4. The SMILES string of the molecule is C[C@@H]1[C@H](O)[C@H](O)C(O)O[C@H]1CO. The molecular formula is C7H14O5. The van der Waals surface area contributed by atoms with Crippen molar-refractivity contribution in [3.63, 3.8) is 0 Å². The third-order valence-corrected chi connectivity index (χ3v) is 2.26. The molecule has 4 N–H and O–H groups in total.